The van der Waals surface area contributed by atoms with Crippen LogP contribution in [0.4, 0.5) is 4.39 Å². The van der Waals surface area contributed by atoms with Gasteiger partial charge in [-0.1, -0.05) is 23.7 Å². The Kier molecular flexibility index (Phi) is 4.76. The van der Waals surface area contributed by atoms with Crippen molar-refractivity contribution in [2.24, 2.45) is 5.73 Å². The zero-order valence-corrected chi connectivity index (χ0v) is 17.4. The number of nitrogens with two attached hydrogens (primary N) is 1. The molecule has 30 heavy (non-hydrogen) atoms. The number of ketones is 1. The van der Waals surface area contributed by atoms with E-state index in [1.165, 1.54) is 23.5 Å². The van der Waals surface area contributed by atoms with Gasteiger partial charge in [0.15, 0.2) is 11.5 Å². The number of fused-ring (bicyclic) bond motifs is 1. The number of carbonyl (C=O) groups excluding carboxylic acids is 1. The molecule has 3 aromatic rings. The molecule has 0 unspecified atom stereocenters. The van der Waals surface area contributed by atoms with E-state index in [1.54, 1.807) is 12.3 Å². The number of nitrogens with zero attached hydrogens (tertiary/aromatic N) is 1. The van der Waals surface area contributed by atoms with Crippen molar-refractivity contribution in [2.75, 3.05) is 6.79 Å². The van der Waals surface area contributed by atoms with Crippen LogP contribution in [-0.4, -0.2) is 17.6 Å². The van der Waals surface area contributed by atoms with Crippen molar-refractivity contribution in [3.63, 3.8) is 0 Å². The van der Waals surface area contributed by atoms with Crippen molar-refractivity contribution in [2.45, 2.75) is 30.7 Å². The fourth-order valence-corrected chi connectivity index (χ4v) is 5.04. The van der Waals surface area contributed by atoms with E-state index in [0.717, 1.165) is 23.3 Å². The van der Waals surface area contributed by atoms with Crippen LogP contribution in [0.1, 0.15) is 39.9 Å². The highest BCUT2D eigenvalue weighted by atomic mass is 35.5. The van der Waals surface area contributed by atoms with Crippen molar-refractivity contribution in [3.8, 4) is 11.5 Å². The van der Waals surface area contributed by atoms with Crippen LogP contribution < -0.4 is 15.2 Å². The minimum atomic E-state index is -0.525. The van der Waals surface area contributed by atoms with Crippen LogP contribution in [0.25, 0.3) is 0 Å². The molecule has 154 valence electrons. The molecule has 1 aliphatic heterocycles. The van der Waals surface area contributed by atoms with Gasteiger partial charge in [0, 0.05) is 16.1 Å². The molecule has 8 heteroatoms. The van der Waals surface area contributed by atoms with Crippen molar-refractivity contribution in [1.29, 1.82) is 0 Å². The van der Waals surface area contributed by atoms with E-state index >= 15 is 0 Å². The minimum absolute atomic E-state index is 0.135. The lowest BCUT2D eigenvalue weighted by atomic mass is 9.89. The Balaban J connectivity index is 1.33. The number of ether oxygens (including phenoxy) is 2. The number of thiazole rings is 1. The highest BCUT2D eigenvalue weighted by Gasteiger charge is 2.51. The molecule has 2 aromatic carbocycles. The zero-order chi connectivity index (χ0) is 20.9. The largest absolute Gasteiger partial charge is 0.454 e. The number of hydrogen-bond acceptors (Lipinski definition) is 6. The molecule has 1 aromatic heterocycles. The number of rotatable bonds is 6. The molecule has 5 nitrogen and oxygen atoms in total. The molecule has 0 spiro atoms. The summed E-state index contributed by atoms with van der Waals surface area (Å²) in [5, 5.41) is 0.976. The molecule has 2 N–H and O–H groups in total. The van der Waals surface area contributed by atoms with Crippen LogP contribution in [0.3, 0.4) is 0 Å². The van der Waals surface area contributed by atoms with E-state index in [2.05, 4.69) is 4.98 Å². The molecule has 1 fully saturated rings. The van der Waals surface area contributed by atoms with E-state index in [9.17, 15) is 9.18 Å². The zero-order valence-electron chi connectivity index (χ0n) is 15.9. The molecule has 1 aliphatic carbocycles. The van der Waals surface area contributed by atoms with E-state index in [0.29, 0.717) is 22.1 Å². The first-order valence-corrected chi connectivity index (χ1v) is 10.7. The number of carbonyl (C=O) groups is 1. The van der Waals surface area contributed by atoms with Crippen LogP contribution in [0.5, 0.6) is 11.5 Å². The summed E-state index contributed by atoms with van der Waals surface area (Å²) in [6, 6.07) is 9.33. The van der Waals surface area contributed by atoms with Gasteiger partial charge in [-0.2, -0.15) is 0 Å². The maximum absolute atomic E-state index is 13.3. The van der Waals surface area contributed by atoms with Gasteiger partial charge in [-0.25, -0.2) is 9.37 Å². The van der Waals surface area contributed by atoms with Gasteiger partial charge in [-0.15, -0.1) is 11.3 Å². The average Bonchev–Trinajstić information content (AvgIpc) is 3.18. The Morgan fingerprint density at radius 3 is 2.80 bits per heavy atom. The van der Waals surface area contributed by atoms with Crippen molar-refractivity contribution >= 4 is 28.7 Å². The second kappa shape index (κ2) is 7.34. The summed E-state index contributed by atoms with van der Waals surface area (Å²) in [6.07, 6.45) is 3.53. The normalized spacial score (nSPS) is 17.0. The summed E-state index contributed by atoms with van der Waals surface area (Å²) in [6.45, 7) is 0.208. The summed E-state index contributed by atoms with van der Waals surface area (Å²) in [5.41, 5.74) is 7.41. The van der Waals surface area contributed by atoms with Crippen LogP contribution in [-0.2, 0) is 16.6 Å². The van der Waals surface area contributed by atoms with Crippen LogP contribution in [0.15, 0.2) is 42.6 Å². The highest BCUT2D eigenvalue weighted by Crippen LogP contribution is 2.51. The molecule has 5 rings (SSSR count). The molecular weight excluding hydrogens is 427 g/mol. The highest BCUT2D eigenvalue weighted by molar-refractivity contribution is 7.11. The van der Waals surface area contributed by atoms with Gasteiger partial charge in [0.2, 0.25) is 6.79 Å². The molecule has 0 bridgehead atoms. The lowest BCUT2D eigenvalue weighted by Gasteiger charge is -2.14. The monoisotopic (exact) mass is 444 g/mol. The lowest BCUT2D eigenvalue weighted by molar-refractivity contribution is -0.120. The summed E-state index contributed by atoms with van der Waals surface area (Å²) < 4.78 is 24.1. The topological polar surface area (TPSA) is 74.4 Å². The first-order valence-electron chi connectivity index (χ1n) is 9.55. The summed E-state index contributed by atoms with van der Waals surface area (Å²) in [5.74, 6) is 1.12. The van der Waals surface area contributed by atoms with Crippen LogP contribution >= 0.6 is 22.9 Å². The van der Waals surface area contributed by atoms with E-state index < -0.39 is 17.3 Å². The summed E-state index contributed by atoms with van der Waals surface area (Å²) in [7, 11) is 0. The predicted molar refractivity (Wildman–Crippen MR) is 112 cm³/mol. The molecule has 1 saturated carbocycles. The molecule has 2 heterocycles. The Morgan fingerprint density at radius 2 is 2.03 bits per heavy atom. The fourth-order valence-electron chi connectivity index (χ4n) is 3.81. The van der Waals surface area contributed by atoms with Crippen molar-refractivity contribution < 1.29 is 18.7 Å². The third kappa shape index (κ3) is 3.37. The second-order valence-electron chi connectivity index (χ2n) is 7.55. The van der Waals surface area contributed by atoms with Gasteiger partial charge < -0.3 is 15.2 Å². The number of hydrogen-bond donors (Lipinski definition) is 1. The predicted octanol–water partition coefficient (Wildman–Crippen LogP) is 4.56. The number of benzene rings is 2. The fraction of sp³-hybridized carbons (Fsp3) is 0.273. The van der Waals surface area contributed by atoms with Gasteiger partial charge in [-0.05, 0) is 48.2 Å². The molecule has 0 amide bonds. The second-order valence-corrected chi connectivity index (χ2v) is 9.10. The van der Waals surface area contributed by atoms with Gasteiger partial charge in [0.1, 0.15) is 16.6 Å². The number of halogens is 2. The molecule has 2 aliphatic rings. The van der Waals surface area contributed by atoms with Crippen molar-refractivity contribution in [1.82, 2.24) is 4.98 Å². The first kappa shape index (κ1) is 19.5. The van der Waals surface area contributed by atoms with Crippen LogP contribution in [0, 0.1) is 5.82 Å². The smallest absolute Gasteiger partial charge is 0.231 e. The van der Waals surface area contributed by atoms with Gasteiger partial charge in [0.05, 0.1) is 17.9 Å². The van der Waals surface area contributed by atoms with Gasteiger partial charge >= 0.3 is 0 Å². The van der Waals surface area contributed by atoms with E-state index in [1.807, 2.05) is 18.2 Å². The quantitative estimate of drug-likeness (QED) is 0.603. The number of Topliss-reactive ketones (excluding diaryl/α,β-unsaturated/α-hetero) is 1. The van der Waals surface area contributed by atoms with Gasteiger partial charge in [-0.3, -0.25) is 4.79 Å². The SMILES string of the molecule is N[C@H](c1cnc(CC(=O)C2(c3ccc4c(c3)OCO4)CC2)s1)c1ccc(F)cc1Cl. The Morgan fingerprint density at radius 1 is 1.23 bits per heavy atom. The Bertz CT molecular complexity index is 1150. The van der Waals surface area contributed by atoms with Gasteiger partial charge in [0.25, 0.3) is 0 Å². The van der Waals surface area contributed by atoms with E-state index in [4.69, 9.17) is 26.8 Å². The van der Waals surface area contributed by atoms with E-state index in [-0.39, 0.29) is 24.0 Å². The molecule has 1 atom stereocenters. The molecule has 0 radical (unpaired) electrons. The summed E-state index contributed by atoms with van der Waals surface area (Å²) in [4.78, 5) is 18.3. The standard InChI is InChI=1S/C22H18ClFN2O3S/c23-15-8-13(24)2-3-14(15)21(25)18-10-26-20(30-18)9-19(27)22(5-6-22)12-1-4-16-17(7-12)29-11-28-16/h1-4,7-8,10,21H,5-6,9,11,25H2/t21-/m0/s1. The van der Waals surface area contributed by atoms with Crippen molar-refractivity contribution in [3.05, 3.63) is 74.4 Å². The molecular formula is C22H18ClFN2O3S. The maximum Gasteiger partial charge on any atom is 0.231 e. The van der Waals surface area contributed by atoms with Crippen LogP contribution in [0.2, 0.25) is 5.02 Å². The number of aromatic nitrogens is 1. The molecule has 0 saturated heterocycles. The summed E-state index contributed by atoms with van der Waals surface area (Å²) >= 11 is 7.51. The Hall–Kier alpha value is -2.48. The lowest BCUT2D eigenvalue weighted by Crippen LogP contribution is -2.22. The maximum atomic E-state index is 13.3. The average molecular weight is 445 g/mol. The third-order valence-corrected chi connectivity index (χ3v) is 7.10. The Labute approximate surface area is 181 Å². The minimum Gasteiger partial charge on any atom is -0.454 e. The first-order chi connectivity index (χ1) is 14.5. The third-order valence-electron chi connectivity index (χ3n) is 5.70.